The van der Waals surface area contributed by atoms with Crippen molar-refractivity contribution in [1.29, 1.82) is 5.41 Å². The number of fused-ring (bicyclic) bond motifs is 2. The van der Waals surface area contributed by atoms with E-state index in [-0.39, 0.29) is 21.0 Å². The number of rotatable bonds is 6. The number of carbonyl (C=O) groups is 1. The average Bonchev–Trinajstić information content (AvgIpc) is 3.44. The van der Waals surface area contributed by atoms with E-state index in [9.17, 15) is 13.2 Å². The monoisotopic (exact) mass is 523 g/mol. The van der Waals surface area contributed by atoms with Crippen LogP contribution in [0.4, 0.5) is 0 Å². The molecule has 184 valence electrons. The van der Waals surface area contributed by atoms with Crippen LogP contribution in [0.1, 0.15) is 5.56 Å². The second-order valence-electron chi connectivity index (χ2n) is 7.98. The van der Waals surface area contributed by atoms with Gasteiger partial charge in [0.15, 0.2) is 5.84 Å². The smallest absolute Gasteiger partial charge is 0.283 e. The first-order valence-electron chi connectivity index (χ1n) is 10.8. The van der Waals surface area contributed by atoms with Crippen molar-refractivity contribution >= 4 is 59.9 Å². The van der Waals surface area contributed by atoms with E-state index in [1.165, 1.54) is 0 Å². The molecule has 1 aromatic heterocycles. The summed E-state index contributed by atoms with van der Waals surface area (Å²) in [7, 11) is -1.99. The van der Waals surface area contributed by atoms with E-state index < -0.39 is 15.7 Å². The Morgan fingerprint density at radius 3 is 2.69 bits per heavy atom. The van der Waals surface area contributed by atoms with Crippen molar-refractivity contribution in [3.8, 4) is 11.5 Å². The number of methoxy groups -OCH3 is 1. The van der Waals surface area contributed by atoms with Gasteiger partial charge in [0.25, 0.3) is 5.91 Å². The van der Waals surface area contributed by atoms with Gasteiger partial charge in [-0.05, 0) is 36.0 Å². The summed E-state index contributed by atoms with van der Waals surface area (Å²) < 4.78 is 36.7. The molecule has 3 aromatic rings. The fourth-order valence-corrected chi connectivity index (χ4v) is 5.49. The third-order valence-corrected chi connectivity index (χ3v) is 8.09. The highest BCUT2D eigenvalue weighted by atomic mass is 32.3. The summed E-state index contributed by atoms with van der Waals surface area (Å²) in [6, 6.07) is 15.1. The van der Waals surface area contributed by atoms with E-state index in [0.29, 0.717) is 24.7 Å². The Labute approximate surface area is 211 Å². The third kappa shape index (κ3) is 4.52. The Morgan fingerprint density at radius 2 is 1.92 bits per heavy atom. The molecule has 2 aromatic carbocycles. The first kappa shape index (κ1) is 23.8. The lowest BCUT2D eigenvalue weighted by Gasteiger charge is -2.19. The van der Waals surface area contributed by atoms with Crippen LogP contribution in [0.15, 0.2) is 70.4 Å². The highest BCUT2D eigenvalue weighted by molar-refractivity contribution is 8.42. The lowest BCUT2D eigenvalue weighted by Crippen LogP contribution is -2.35. The topological polar surface area (TPSA) is 126 Å². The second kappa shape index (κ2) is 9.28. The molecule has 36 heavy (non-hydrogen) atoms. The van der Waals surface area contributed by atoms with Crippen LogP contribution in [-0.4, -0.2) is 59.3 Å². The summed E-state index contributed by atoms with van der Waals surface area (Å²) in [5.41, 5.74) is 1.68. The first-order chi connectivity index (χ1) is 17.2. The van der Waals surface area contributed by atoms with Crippen molar-refractivity contribution in [2.75, 3.05) is 20.0 Å². The minimum Gasteiger partial charge on any atom is -0.497 e. The van der Waals surface area contributed by atoms with Crippen LogP contribution >= 0.6 is 11.8 Å². The highest BCUT2D eigenvalue weighted by Gasteiger charge is 2.38. The van der Waals surface area contributed by atoms with Crippen LogP contribution in [0.2, 0.25) is 0 Å². The molecule has 0 radical (unpaired) electrons. The fourth-order valence-electron chi connectivity index (χ4n) is 3.81. The van der Waals surface area contributed by atoms with Crippen LogP contribution in [-0.2, 0) is 21.2 Å². The number of nitrogens with zero attached hydrogens (tertiary/aromatic N) is 4. The van der Waals surface area contributed by atoms with Crippen molar-refractivity contribution in [3.05, 3.63) is 65.9 Å². The number of hydrazone groups is 1. The summed E-state index contributed by atoms with van der Waals surface area (Å²) >= 11 is 0.757. The minimum atomic E-state index is -3.60. The van der Waals surface area contributed by atoms with Gasteiger partial charge in [0.2, 0.25) is 19.4 Å². The van der Waals surface area contributed by atoms with E-state index in [1.54, 1.807) is 13.2 Å². The number of hydrogen-bond acceptors (Lipinski definition) is 8. The number of thioether (sulfide) groups is 1. The number of benzene rings is 2. The molecule has 10 nitrogen and oxygen atoms in total. The normalized spacial score (nSPS) is 16.8. The molecule has 2 aliphatic rings. The number of aromatic nitrogens is 1. The number of para-hydroxylation sites is 1. The molecule has 1 N–H and O–H groups in total. The number of carbonyl (C=O) groups excluding carboxylic acids is 1. The fraction of sp³-hybridized carbons (Fsp3) is 0.167. The van der Waals surface area contributed by atoms with Crippen molar-refractivity contribution in [3.63, 3.8) is 0 Å². The Morgan fingerprint density at radius 1 is 1.14 bits per heavy atom. The molecule has 12 heteroatoms. The molecule has 0 atom stereocenters. The summed E-state index contributed by atoms with van der Waals surface area (Å²) in [5.74, 6) is 0.555. The van der Waals surface area contributed by atoms with E-state index in [1.807, 2.05) is 59.3 Å². The number of hydrogen-bond donors (Lipinski definition) is 1. The molecule has 0 spiro atoms. The summed E-state index contributed by atoms with van der Waals surface area (Å²) in [4.78, 5) is 16.7. The Hall–Kier alpha value is -3.90. The van der Waals surface area contributed by atoms with Gasteiger partial charge in [0, 0.05) is 35.0 Å². The average molecular weight is 524 g/mol. The van der Waals surface area contributed by atoms with Gasteiger partial charge in [0.05, 0.1) is 19.2 Å². The molecule has 5 rings (SSSR count). The van der Waals surface area contributed by atoms with Crippen molar-refractivity contribution < 1.29 is 22.7 Å². The van der Waals surface area contributed by atoms with Crippen molar-refractivity contribution in [2.45, 2.75) is 6.54 Å². The number of amidine groups is 2. The van der Waals surface area contributed by atoms with E-state index >= 15 is 0 Å². The summed E-state index contributed by atoms with van der Waals surface area (Å²) in [6.07, 6.45) is 4.49. The van der Waals surface area contributed by atoms with Gasteiger partial charge >= 0.3 is 0 Å². The largest absolute Gasteiger partial charge is 0.497 e. The maximum absolute atomic E-state index is 12.8. The molecule has 2 aliphatic heterocycles. The molecular formula is C24H21N5O5S2. The zero-order chi connectivity index (χ0) is 25.4. The lowest BCUT2D eigenvalue weighted by molar-refractivity contribution is -0.114. The standard InChI is InChI=1S/C24H21N5O5S2/c1-33-16-6-5-7-17(13-16)34-11-10-28-14-15(18-8-3-4-9-20(18)28)12-19-21(25)29-23(26-22(19)30)35-24(27-29)36(2,31)32/h3-9,12-14,25H,10-11H2,1-2H3/b19-12+,25-21?. The van der Waals surface area contributed by atoms with Crippen LogP contribution < -0.4 is 9.47 Å². The molecule has 0 saturated carbocycles. The zero-order valence-corrected chi connectivity index (χ0v) is 21.0. The molecule has 0 saturated heterocycles. The van der Waals surface area contributed by atoms with E-state index in [0.717, 1.165) is 39.5 Å². The van der Waals surface area contributed by atoms with Gasteiger partial charge < -0.3 is 14.0 Å². The quantitative estimate of drug-likeness (QED) is 0.491. The highest BCUT2D eigenvalue weighted by Crippen LogP contribution is 2.31. The molecular weight excluding hydrogens is 502 g/mol. The number of ether oxygens (including phenoxy) is 2. The SMILES string of the molecule is COc1cccc(OCCn2cc(/C=C3\C(=N)N4N=C(S(C)(=O)=O)SC4=NC3=O)c3ccccc32)c1. The number of sulfone groups is 1. The summed E-state index contributed by atoms with van der Waals surface area (Å²) in [6.45, 7) is 0.942. The number of aliphatic imine (C=N–C) groups is 1. The predicted octanol–water partition coefficient (Wildman–Crippen LogP) is 3.35. The van der Waals surface area contributed by atoms with E-state index in [2.05, 4.69) is 10.1 Å². The Bertz CT molecular complexity index is 1600. The van der Waals surface area contributed by atoms with Gasteiger partial charge in [-0.15, -0.1) is 5.10 Å². The van der Waals surface area contributed by atoms with Gasteiger partial charge in [0.1, 0.15) is 18.1 Å². The van der Waals surface area contributed by atoms with Crippen molar-refractivity contribution in [1.82, 2.24) is 9.58 Å². The Kier molecular flexibility index (Phi) is 6.14. The van der Waals surface area contributed by atoms with Crippen LogP contribution in [0.3, 0.4) is 0 Å². The number of amides is 1. The Balaban J connectivity index is 1.43. The van der Waals surface area contributed by atoms with Crippen LogP contribution in [0, 0.1) is 5.41 Å². The van der Waals surface area contributed by atoms with Gasteiger partial charge in [-0.25, -0.2) is 8.42 Å². The van der Waals surface area contributed by atoms with Crippen LogP contribution in [0.25, 0.3) is 17.0 Å². The van der Waals surface area contributed by atoms with Gasteiger partial charge in [-0.1, -0.05) is 24.3 Å². The maximum atomic E-state index is 12.8. The molecule has 0 bridgehead atoms. The lowest BCUT2D eigenvalue weighted by atomic mass is 10.1. The molecule has 3 heterocycles. The second-order valence-corrected chi connectivity index (χ2v) is 11.1. The van der Waals surface area contributed by atoms with Gasteiger partial charge in [-0.3, -0.25) is 10.2 Å². The zero-order valence-electron chi connectivity index (χ0n) is 19.3. The number of nitrogens with one attached hydrogen (secondary N) is 1. The molecule has 0 unspecified atom stereocenters. The molecule has 0 fully saturated rings. The third-order valence-electron chi connectivity index (χ3n) is 5.51. The summed E-state index contributed by atoms with van der Waals surface area (Å²) in [5, 5.41) is 14.5. The van der Waals surface area contributed by atoms with E-state index in [4.69, 9.17) is 14.9 Å². The van der Waals surface area contributed by atoms with Crippen LogP contribution in [0.5, 0.6) is 11.5 Å². The maximum Gasteiger partial charge on any atom is 0.283 e. The predicted molar refractivity (Wildman–Crippen MR) is 140 cm³/mol. The molecule has 1 amide bonds. The van der Waals surface area contributed by atoms with Crippen molar-refractivity contribution in [2.24, 2.45) is 10.1 Å². The van der Waals surface area contributed by atoms with Gasteiger partial charge in [-0.2, -0.15) is 10.0 Å². The molecule has 0 aliphatic carbocycles. The first-order valence-corrected chi connectivity index (χ1v) is 13.5. The minimum absolute atomic E-state index is 0.0217.